The van der Waals surface area contributed by atoms with Gasteiger partial charge in [0.15, 0.2) is 0 Å². The zero-order chi connectivity index (χ0) is 15.2. The van der Waals surface area contributed by atoms with Crippen molar-refractivity contribution in [2.45, 2.75) is 51.9 Å². The zero-order valence-electron chi connectivity index (χ0n) is 12.5. The first-order chi connectivity index (χ1) is 10.1. The highest BCUT2D eigenvalue weighted by Gasteiger charge is 2.26. The van der Waals surface area contributed by atoms with Gasteiger partial charge in [-0.1, -0.05) is 26.2 Å². The Morgan fingerprint density at radius 3 is 2.67 bits per heavy atom. The fourth-order valence-electron chi connectivity index (χ4n) is 3.02. The van der Waals surface area contributed by atoms with Gasteiger partial charge in [-0.3, -0.25) is 4.79 Å². The predicted molar refractivity (Wildman–Crippen MR) is 87.7 cm³/mol. The summed E-state index contributed by atoms with van der Waals surface area (Å²) >= 11 is 3.14. The van der Waals surface area contributed by atoms with E-state index in [0.29, 0.717) is 10.2 Å². The van der Waals surface area contributed by atoms with Crippen molar-refractivity contribution in [3.63, 3.8) is 0 Å². The lowest BCUT2D eigenvalue weighted by molar-refractivity contribution is -0.121. The molecule has 1 fully saturated rings. The van der Waals surface area contributed by atoms with Crippen LogP contribution in [0.15, 0.2) is 22.7 Å². The van der Waals surface area contributed by atoms with Gasteiger partial charge >= 0.3 is 0 Å². The number of benzene rings is 1. The van der Waals surface area contributed by atoms with E-state index < -0.39 is 0 Å². The van der Waals surface area contributed by atoms with Crippen LogP contribution in [0, 0.1) is 17.7 Å². The summed E-state index contributed by atoms with van der Waals surface area (Å²) in [5.74, 6) is 0.660. The van der Waals surface area contributed by atoms with E-state index in [4.69, 9.17) is 0 Å². The lowest BCUT2D eigenvalue weighted by Gasteiger charge is -2.27. The monoisotopic (exact) mass is 355 g/mol. The third-order valence-corrected chi connectivity index (χ3v) is 4.98. The SMILES string of the molecule is CCCCC1CCC(C(=O)Nc2ccc(F)c(Br)c2)CC1. The highest BCUT2D eigenvalue weighted by atomic mass is 79.9. The van der Waals surface area contributed by atoms with Crippen LogP contribution >= 0.6 is 15.9 Å². The van der Waals surface area contributed by atoms with Gasteiger partial charge in [-0.2, -0.15) is 0 Å². The van der Waals surface area contributed by atoms with Crippen molar-refractivity contribution in [2.75, 3.05) is 5.32 Å². The minimum Gasteiger partial charge on any atom is -0.326 e. The number of unbranched alkanes of at least 4 members (excludes halogenated alkanes) is 1. The third-order valence-electron chi connectivity index (χ3n) is 4.37. The average molecular weight is 356 g/mol. The molecule has 0 heterocycles. The second kappa shape index (κ2) is 7.92. The molecule has 1 N–H and O–H groups in total. The molecule has 0 atom stereocenters. The van der Waals surface area contributed by atoms with Crippen LogP contribution in [0.2, 0.25) is 0 Å². The Morgan fingerprint density at radius 2 is 2.05 bits per heavy atom. The second-order valence-corrected chi connectivity index (χ2v) is 6.83. The van der Waals surface area contributed by atoms with Crippen LogP contribution < -0.4 is 5.32 Å². The van der Waals surface area contributed by atoms with E-state index in [1.54, 1.807) is 12.1 Å². The summed E-state index contributed by atoms with van der Waals surface area (Å²) in [6.45, 7) is 2.22. The van der Waals surface area contributed by atoms with Gasteiger partial charge in [0.2, 0.25) is 5.91 Å². The fourth-order valence-corrected chi connectivity index (χ4v) is 3.40. The van der Waals surface area contributed by atoms with Gasteiger partial charge in [0.1, 0.15) is 5.82 Å². The lowest BCUT2D eigenvalue weighted by atomic mass is 9.79. The molecule has 0 spiro atoms. The molecule has 2 rings (SSSR count). The largest absolute Gasteiger partial charge is 0.326 e. The Hall–Kier alpha value is -0.900. The number of nitrogens with one attached hydrogen (secondary N) is 1. The summed E-state index contributed by atoms with van der Waals surface area (Å²) in [6.07, 6.45) is 8.11. The van der Waals surface area contributed by atoms with Crippen LogP contribution in [0.3, 0.4) is 0 Å². The van der Waals surface area contributed by atoms with Crippen molar-refractivity contribution in [1.29, 1.82) is 0 Å². The van der Waals surface area contributed by atoms with Gasteiger partial charge < -0.3 is 5.32 Å². The molecule has 21 heavy (non-hydrogen) atoms. The van der Waals surface area contributed by atoms with Crippen LogP contribution in [0.4, 0.5) is 10.1 Å². The molecular weight excluding hydrogens is 333 g/mol. The fraction of sp³-hybridized carbons (Fsp3) is 0.588. The van der Waals surface area contributed by atoms with E-state index >= 15 is 0 Å². The second-order valence-electron chi connectivity index (χ2n) is 5.98. The highest BCUT2D eigenvalue weighted by molar-refractivity contribution is 9.10. The molecule has 1 aromatic rings. The number of rotatable bonds is 5. The van der Waals surface area contributed by atoms with Gasteiger partial charge in [-0.15, -0.1) is 0 Å². The number of anilines is 1. The van der Waals surface area contributed by atoms with E-state index in [1.807, 2.05) is 0 Å². The summed E-state index contributed by atoms with van der Waals surface area (Å²) in [4.78, 5) is 12.3. The van der Waals surface area contributed by atoms with Gasteiger partial charge in [0, 0.05) is 11.6 Å². The van der Waals surface area contributed by atoms with E-state index in [9.17, 15) is 9.18 Å². The molecule has 0 unspecified atom stereocenters. The molecule has 1 aliphatic carbocycles. The summed E-state index contributed by atoms with van der Waals surface area (Å²) in [6, 6.07) is 4.58. The summed E-state index contributed by atoms with van der Waals surface area (Å²) < 4.78 is 13.6. The van der Waals surface area contributed by atoms with Crippen molar-refractivity contribution >= 4 is 27.5 Å². The van der Waals surface area contributed by atoms with Crippen molar-refractivity contribution in [2.24, 2.45) is 11.8 Å². The Bertz CT molecular complexity index is 484. The minimum absolute atomic E-state index is 0.0717. The maximum Gasteiger partial charge on any atom is 0.227 e. The molecule has 1 saturated carbocycles. The molecule has 116 valence electrons. The van der Waals surface area contributed by atoms with Crippen LogP contribution in [0.5, 0.6) is 0 Å². The van der Waals surface area contributed by atoms with E-state index in [2.05, 4.69) is 28.2 Å². The highest BCUT2D eigenvalue weighted by Crippen LogP contribution is 2.32. The van der Waals surface area contributed by atoms with Crippen LogP contribution in [0.25, 0.3) is 0 Å². The zero-order valence-corrected chi connectivity index (χ0v) is 14.1. The van der Waals surface area contributed by atoms with Crippen molar-refractivity contribution in [3.05, 3.63) is 28.5 Å². The molecule has 4 heteroatoms. The molecule has 1 aromatic carbocycles. The number of hydrogen-bond acceptors (Lipinski definition) is 1. The first-order valence-electron chi connectivity index (χ1n) is 7.86. The van der Waals surface area contributed by atoms with Crippen molar-refractivity contribution in [3.8, 4) is 0 Å². The summed E-state index contributed by atoms with van der Waals surface area (Å²) in [7, 11) is 0. The van der Waals surface area contributed by atoms with Crippen LogP contribution in [0.1, 0.15) is 51.9 Å². The standard InChI is InChI=1S/C17H23BrFNO/c1-2-3-4-12-5-7-13(8-6-12)17(21)20-14-9-10-16(19)15(18)11-14/h9-13H,2-8H2,1H3,(H,20,21). The van der Waals surface area contributed by atoms with Crippen molar-refractivity contribution < 1.29 is 9.18 Å². The van der Waals surface area contributed by atoms with Gasteiger partial charge in [0.05, 0.1) is 4.47 Å². The number of amides is 1. The van der Waals surface area contributed by atoms with Crippen LogP contribution in [-0.2, 0) is 4.79 Å². The smallest absolute Gasteiger partial charge is 0.227 e. The van der Waals surface area contributed by atoms with E-state index in [-0.39, 0.29) is 17.6 Å². The summed E-state index contributed by atoms with van der Waals surface area (Å²) in [5, 5.41) is 2.90. The normalized spacial score (nSPS) is 22.0. The molecule has 1 aliphatic rings. The molecular formula is C17H23BrFNO. The Labute approximate surface area is 134 Å². The van der Waals surface area contributed by atoms with Gasteiger partial charge in [-0.25, -0.2) is 4.39 Å². The molecule has 0 saturated heterocycles. The Morgan fingerprint density at radius 1 is 1.33 bits per heavy atom. The maximum atomic E-state index is 13.2. The van der Waals surface area contributed by atoms with Gasteiger partial charge in [-0.05, 0) is 65.7 Å². The van der Waals surface area contributed by atoms with Crippen molar-refractivity contribution in [1.82, 2.24) is 0 Å². The number of carbonyl (C=O) groups excluding carboxylic acids is 1. The van der Waals surface area contributed by atoms with Crippen LogP contribution in [-0.4, -0.2) is 5.91 Å². The van der Waals surface area contributed by atoms with E-state index in [1.165, 1.54) is 25.3 Å². The predicted octanol–water partition coefficient (Wildman–Crippen LogP) is 5.52. The Kier molecular flexibility index (Phi) is 6.22. The molecule has 0 aromatic heterocycles. The molecule has 0 aliphatic heterocycles. The molecule has 1 amide bonds. The topological polar surface area (TPSA) is 29.1 Å². The number of halogens is 2. The summed E-state index contributed by atoms with van der Waals surface area (Å²) in [5.41, 5.74) is 0.654. The number of hydrogen-bond donors (Lipinski definition) is 1. The van der Waals surface area contributed by atoms with E-state index in [0.717, 1.165) is 31.6 Å². The first-order valence-corrected chi connectivity index (χ1v) is 8.65. The average Bonchev–Trinajstić information content (AvgIpc) is 2.49. The number of carbonyl (C=O) groups is 1. The first kappa shape index (κ1) is 16.5. The maximum absolute atomic E-state index is 13.2. The minimum atomic E-state index is -0.315. The quantitative estimate of drug-likeness (QED) is 0.739. The third kappa shape index (κ3) is 4.80. The molecule has 0 radical (unpaired) electrons. The van der Waals surface area contributed by atoms with Gasteiger partial charge in [0.25, 0.3) is 0 Å². The molecule has 0 bridgehead atoms. The Balaban J connectivity index is 1.83. The molecule has 2 nitrogen and oxygen atoms in total. The lowest BCUT2D eigenvalue weighted by Crippen LogP contribution is -2.27.